The number of aliphatic hydroxyl groups is 1. The molecule has 1 aliphatic rings. The lowest BCUT2D eigenvalue weighted by molar-refractivity contribution is -0.155. The molecule has 0 radical (unpaired) electrons. The van der Waals surface area contributed by atoms with Crippen LogP contribution < -0.4 is 0 Å². The van der Waals surface area contributed by atoms with Gasteiger partial charge in [0.2, 0.25) is 0 Å². The van der Waals surface area contributed by atoms with Gasteiger partial charge >= 0.3 is 5.97 Å². The summed E-state index contributed by atoms with van der Waals surface area (Å²) < 4.78 is 11.0. The topological polar surface area (TPSA) is 55.8 Å². The summed E-state index contributed by atoms with van der Waals surface area (Å²) in [6.45, 7) is 10.7. The van der Waals surface area contributed by atoms with Gasteiger partial charge in [-0.25, -0.2) is 0 Å². The molecule has 0 aliphatic carbocycles. The van der Waals surface area contributed by atoms with Crippen LogP contribution in [-0.2, 0) is 14.3 Å². The Morgan fingerprint density at radius 1 is 1.45 bits per heavy atom. The van der Waals surface area contributed by atoms with E-state index in [9.17, 15) is 9.90 Å². The highest BCUT2D eigenvalue weighted by Gasteiger charge is 2.33. The Kier molecular flexibility index (Phi) is 6.02. The second kappa shape index (κ2) is 6.90. The maximum atomic E-state index is 11.7. The van der Waals surface area contributed by atoms with E-state index in [0.29, 0.717) is 18.8 Å². The van der Waals surface area contributed by atoms with Crippen LogP contribution in [0.3, 0.4) is 0 Å². The molecule has 20 heavy (non-hydrogen) atoms. The van der Waals surface area contributed by atoms with Gasteiger partial charge in [-0.05, 0) is 65.7 Å². The zero-order valence-corrected chi connectivity index (χ0v) is 13.6. The van der Waals surface area contributed by atoms with Crippen molar-refractivity contribution in [2.24, 2.45) is 11.8 Å². The summed E-state index contributed by atoms with van der Waals surface area (Å²) in [4.78, 5) is 11.7. The number of aliphatic hydroxyl groups excluding tert-OH is 1. The van der Waals surface area contributed by atoms with Crippen molar-refractivity contribution in [3.05, 3.63) is 0 Å². The van der Waals surface area contributed by atoms with Gasteiger partial charge in [-0.3, -0.25) is 4.79 Å². The summed E-state index contributed by atoms with van der Waals surface area (Å²) in [5, 5.41) is 9.47. The molecular weight excluding hydrogens is 256 g/mol. The summed E-state index contributed by atoms with van der Waals surface area (Å²) in [7, 11) is 0. The number of hydrogen-bond donors (Lipinski definition) is 1. The number of hydrogen-bond acceptors (Lipinski definition) is 4. The molecule has 4 heteroatoms. The van der Waals surface area contributed by atoms with Crippen LogP contribution in [0.4, 0.5) is 0 Å². The molecular formula is C16H30O4. The van der Waals surface area contributed by atoms with E-state index >= 15 is 0 Å². The second-order valence-electron chi connectivity index (χ2n) is 7.55. The molecule has 2 atom stereocenters. The largest absolute Gasteiger partial charge is 0.460 e. The van der Waals surface area contributed by atoms with Crippen LogP contribution in [0.2, 0.25) is 0 Å². The lowest BCUT2D eigenvalue weighted by Crippen LogP contribution is -2.24. The smallest absolute Gasteiger partial charge is 0.306 e. The summed E-state index contributed by atoms with van der Waals surface area (Å²) in [5.74, 6) is 0.463. The third kappa shape index (κ3) is 6.71. The molecule has 0 aromatic heterocycles. The molecule has 0 spiro atoms. The molecule has 1 rings (SSSR count). The molecule has 1 N–H and O–H groups in total. The third-order valence-electron chi connectivity index (χ3n) is 3.59. The average Bonchev–Trinajstić information content (AvgIpc) is 2.61. The Morgan fingerprint density at radius 3 is 2.55 bits per heavy atom. The lowest BCUT2D eigenvalue weighted by atomic mass is 9.87. The van der Waals surface area contributed by atoms with Gasteiger partial charge in [0.1, 0.15) is 5.60 Å². The Balaban J connectivity index is 2.31. The van der Waals surface area contributed by atoms with Crippen LogP contribution >= 0.6 is 0 Å². The van der Waals surface area contributed by atoms with Gasteiger partial charge in [-0.2, -0.15) is 0 Å². The molecule has 1 saturated heterocycles. The van der Waals surface area contributed by atoms with Crippen LogP contribution in [0, 0.1) is 11.8 Å². The summed E-state index contributed by atoms with van der Waals surface area (Å²) in [6, 6.07) is 0. The molecule has 1 aliphatic heterocycles. The van der Waals surface area contributed by atoms with Gasteiger partial charge in [-0.1, -0.05) is 0 Å². The predicted molar refractivity (Wildman–Crippen MR) is 78.4 cm³/mol. The van der Waals surface area contributed by atoms with Gasteiger partial charge in [0.15, 0.2) is 0 Å². The lowest BCUT2D eigenvalue weighted by Gasteiger charge is -2.21. The van der Waals surface area contributed by atoms with Gasteiger partial charge < -0.3 is 14.6 Å². The van der Waals surface area contributed by atoms with Crippen molar-refractivity contribution >= 4 is 5.97 Å². The molecule has 0 aromatic rings. The van der Waals surface area contributed by atoms with E-state index in [1.165, 1.54) is 0 Å². The predicted octanol–water partition coefficient (Wildman–Crippen LogP) is 2.92. The summed E-state index contributed by atoms with van der Waals surface area (Å²) >= 11 is 0. The second-order valence-corrected chi connectivity index (χ2v) is 7.55. The average molecular weight is 286 g/mol. The number of carbonyl (C=O) groups excluding carboxylic acids is 1. The Bertz CT molecular complexity index is 317. The van der Waals surface area contributed by atoms with Gasteiger partial charge in [0, 0.05) is 13.0 Å². The maximum absolute atomic E-state index is 11.7. The molecule has 1 fully saturated rings. The minimum Gasteiger partial charge on any atom is -0.460 e. The summed E-state index contributed by atoms with van der Waals surface area (Å²) in [5.41, 5.74) is -0.481. The van der Waals surface area contributed by atoms with E-state index in [1.807, 2.05) is 20.8 Å². The number of carbonyl (C=O) groups is 1. The molecule has 0 amide bonds. The van der Waals surface area contributed by atoms with E-state index in [0.717, 1.165) is 19.4 Å². The molecule has 0 unspecified atom stereocenters. The van der Waals surface area contributed by atoms with E-state index in [1.54, 1.807) is 0 Å². The zero-order valence-electron chi connectivity index (χ0n) is 13.6. The van der Waals surface area contributed by atoms with Crippen LogP contribution in [0.15, 0.2) is 0 Å². The molecule has 0 bridgehead atoms. The highest BCUT2D eigenvalue weighted by Crippen LogP contribution is 2.33. The van der Waals surface area contributed by atoms with E-state index in [4.69, 9.17) is 9.47 Å². The molecule has 4 nitrogen and oxygen atoms in total. The minimum absolute atomic E-state index is 0.0458. The van der Waals surface area contributed by atoms with E-state index in [-0.39, 0.29) is 24.1 Å². The Hall–Kier alpha value is -0.610. The standard InChI is InChI=1S/C16H30O4/c1-15(2,3)20-14(18)7-6-12(10-17)8-13-9-16(4,5)19-11-13/h12-13,17H,6-11H2,1-5H3/t12-,13-/m1/s1. The fourth-order valence-corrected chi connectivity index (χ4v) is 2.78. The van der Waals surface area contributed by atoms with Crippen LogP contribution in [0.5, 0.6) is 0 Å². The van der Waals surface area contributed by atoms with Gasteiger partial charge in [-0.15, -0.1) is 0 Å². The molecule has 118 valence electrons. The normalized spacial score (nSPS) is 23.6. The number of rotatable bonds is 6. The minimum atomic E-state index is -0.435. The highest BCUT2D eigenvalue weighted by atomic mass is 16.6. The van der Waals surface area contributed by atoms with Gasteiger partial charge in [0.05, 0.1) is 12.2 Å². The number of esters is 1. The number of ether oxygens (including phenoxy) is 2. The van der Waals surface area contributed by atoms with Crippen molar-refractivity contribution in [2.45, 2.75) is 71.5 Å². The van der Waals surface area contributed by atoms with Crippen molar-refractivity contribution in [2.75, 3.05) is 13.2 Å². The fraction of sp³-hybridized carbons (Fsp3) is 0.938. The van der Waals surface area contributed by atoms with Crippen LogP contribution in [0.25, 0.3) is 0 Å². The first-order chi connectivity index (χ1) is 9.11. The van der Waals surface area contributed by atoms with Crippen LogP contribution in [0.1, 0.15) is 60.3 Å². The SMILES string of the molecule is CC(C)(C)OC(=O)CC[C@@H](CO)C[C@H]1COC(C)(C)C1. The first kappa shape index (κ1) is 17.4. The molecule has 0 aromatic carbocycles. The first-order valence-electron chi connectivity index (χ1n) is 7.58. The fourth-order valence-electron chi connectivity index (χ4n) is 2.78. The van der Waals surface area contributed by atoms with Crippen LogP contribution in [-0.4, -0.2) is 35.5 Å². The van der Waals surface area contributed by atoms with Crippen molar-refractivity contribution in [3.8, 4) is 0 Å². The third-order valence-corrected chi connectivity index (χ3v) is 3.59. The first-order valence-corrected chi connectivity index (χ1v) is 7.58. The molecule has 0 saturated carbocycles. The van der Waals surface area contributed by atoms with Crippen molar-refractivity contribution in [1.82, 2.24) is 0 Å². The maximum Gasteiger partial charge on any atom is 0.306 e. The summed E-state index contributed by atoms with van der Waals surface area (Å²) in [6.07, 6.45) is 3.00. The Labute approximate surface area is 122 Å². The quantitative estimate of drug-likeness (QED) is 0.763. The monoisotopic (exact) mass is 286 g/mol. The van der Waals surface area contributed by atoms with E-state index < -0.39 is 5.60 Å². The van der Waals surface area contributed by atoms with Crippen molar-refractivity contribution in [1.29, 1.82) is 0 Å². The zero-order chi connectivity index (χ0) is 15.4. The van der Waals surface area contributed by atoms with Crippen molar-refractivity contribution < 1.29 is 19.4 Å². The Morgan fingerprint density at radius 2 is 2.10 bits per heavy atom. The van der Waals surface area contributed by atoms with Crippen molar-refractivity contribution in [3.63, 3.8) is 0 Å². The van der Waals surface area contributed by atoms with Gasteiger partial charge in [0.25, 0.3) is 0 Å². The van der Waals surface area contributed by atoms with E-state index in [2.05, 4.69) is 13.8 Å². The highest BCUT2D eigenvalue weighted by molar-refractivity contribution is 5.69. The molecule has 1 heterocycles.